The summed E-state index contributed by atoms with van der Waals surface area (Å²) in [7, 11) is -3.36. The highest BCUT2D eigenvalue weighted by Crippen LogP contribution is 2.20. The Morgan fingerprint density at radius 2 is 1.94 bits per heavy atom. The van der Waals surface area contributed by atoms with Crippen LogP contribution in [-0.4, -0.2) is 19.7 Å². The summed E-state index contributed by atoms with van der Waals surface area (Å²) in [5.41, 5.74) is 7.16. The summed E-state index contributed by atoms with van der Waals surface area (Å²) in [6.07, 6.45) is 1.76. The summed E-state index contributed by atoms with van der Waals surface area (Å²) in [4.78, 5) is 0. The van der Waals surface area contributed by atoms with Crippen molar-refractivity contribution in [1.82, 2.24) is 0 Å². The molecule has 0 bridgehead atoms. The van der Waals surface area contributed by atoms with Gasteiger partial charge in [-0.3, -0.25) is 4.72 Å². The van der Waals surface area contributed by atoms with Crippen LogP contribution >= 0.6 is 0 Å². The second-order valence-electron chi connectivity index (χ2n) is 5.31. The zero-order valence-corrected chi connectivity index (χ0v) is 12.0. The molecule has 0 aromatic heterocycles. The Morgan fingerprint density at radius 3 is 2.50 bits per heavy atom. The SMILES string of the molecule is CC(C)(C)S(=O)(=O)Nc1cccc(CCCN)c1. The number of nitrogens with one attached hydrogen (secondary N) is 1. The van der Waals surface area contributed by atoms with Gasteiger partial charge >= 0.3 is 0 Å². The van der Waals surface area contributed by atoms with E-state index in [-0.39, 0.29) is 0 Å². The molecule has 0 radical (unpaired) electrons. The molecule has 0 atom stereocenters. The second-order valence-corrected chi connectivity index (χ2v) is 7.75. The van der Waals surface area contributed by atoms with Gasteiger partial charge in [-0.25, -0.2) is 8.42 Å². The third-order valence-electron chi connectivity index (χ3n) is 2.65. The molecule has 0 spiro atoms. The van der Waals surface area contributed by atoms with Gasteiger partial charge in [0, 0.05) is 5.69 Å². The molecule has 1 rings (SSSR count). The topological polar surface area (TPSA) is 72.2 Å². The van der Waals surface area contributed by atoms with Crippen LogP contribution in [0.25, 0.3) is 0 Å². The van der Waals surface area contributed by atoms with Gasteiger partial charge in [-0.05, 0) is 57.9 Å². The maximum atomic E-state index is 12.0. The minimum Gasteiger partial charge on any atom is -0.330 e. The molecular formula is C13H22N2O2S. The van der Waals surface area contributed by atoms with Gasteiger partial charge in [0.05, 0.1) is 4.75 Å². The number of nitrogens with two attached hydrogens (primary N) is 1. The molecule has 0 heterocycles. The Morgan fingerprint density at radius 1 is 1.28 bits per heavy atom. The molecule has 102 valence electrons. The first kappa shape index (κ1) is 15.0. The summed E-state index contributed by atoms with van der Waals surface area (Å²) in [5, 5.41) is 0. The first-order valence-electron chi connectivity index (χ1n) is 6.07. The third kappa shape index (κ3) is 3.99. The van der Waals surface area contributed by atoms with Gasteiger partial charge in [0.25, 0.3) is 0 Å². The van der Waals surface area contributed by atoms with Gasteiger partial charge in [-0.2, -0.15) is 0 Å². The first-order valence-corrected chi connectivity index (χ1v) is 7.56. The van der Waals surface area contributed by atoms with Gasteiger partial charge in [-0.15, -0.1) is 0 Å². The van der Waals surface area contributed by atoms with Crippen LogP contribution in [0.15, 0.2) is 24.3 Å². The summed E-state index contributed by atoms with van der Waals surface area (Å²) in [6, 6.07) is 7.45. The Hall–Kier alpha value is -1.07. The van der Waals surface area contributed by atoms with E-state index in [1.54, 1.807) is 26.8 Å². The average Bonchev–Trinajstić information content (AvgIpc) is 2.24. The average molecular weight is 270 g/mol. The molecule has 0 fully saturated rings. The maximum Gasteiger partial charge on any atom is 0.237 e. The molecule has 0 aliphatic rings. The largest absolute Gasteiger partial charge is 0.330 e. The molecule has 4 nitrogen and oxygen atoms in total. The van der Waals surface area contributed by atoms with Crippen molar-refractivity contribution in [1.29, 1.82) is 0 Å². The van der Waals surface area contributed by atoms with E-state index in [4.69, 9.17) is 5.73 Å². The van der Waals surface area contributed by atoms with E-state index in [1.165, 1.54) is 0 Å². The van der Waals surface area contributed by atoms with Crippen LogP contribution in [0.1, 0.15) is 32.8 Å². The Bertz CT molecular complexity index is 490. The van der Waals surface area contributed by atoms with Crippen LogP contribution < -0.4 is 10.5 Å². The van der Waals surface area contributed by atoms with E-state index < -0.39 is 14.8 Å². The standard InChI is InChI=1S/C13H22N2O2S/c1-13(2,3)18(16,17)15-12-8-4-6-11(10-12)7-5-9-14/h4,6,8,10,15H,5,7,9,14H2,1-3H3. The van der Waals surface area contributed by atoms with Crippen LogP contribution in [0.2, 0.25) is 0 Å². The zero-order chi connectivity index (χ0) is 13.8. The smallest absolute Gasteiger partial charge is 0.237 e. The van der Waals surface area contributed by atoms with Crippen molar-refractivity contribution in [2.24, 2.45) is 5.73 Å². The summed E-state index contributed by atoms with van der Waals surface area (Å²) in [5.74, 6) is 0. The molecule has 0 aliphatic carbocycles. The van der Waals surface area contributed by atoms with Gasteiger partial charge in [0.1, 0.15) is 0 Å². The molecule has 0 saturated heterocycles. The lowest BCUT2D eigenvalue weighted by molar-refractivity contribution is 0.566. The van der Waals surface area contributed by atoms with Crippen molar-refractivity contribution in [3.63, 3.8) is 0 Å². The fourth-order valence-corrected chi connectivity index (χ4v) is 2.15. The van der Waals surface area contributed by atoms with E-state index in [9.17, 15) is 8.42 Å². The molecule has 1 aromatic carbocycles. The van der Waals surface area contributed by atoms with Crippen molar-refractivity contribution in [2.45, 2.75) is 38.4 Å². The lowest BCUT2D eigenvalue weighted by atomic mass is 10.1. The van der Waals surface area contributed by atoms with Gasteiger partial charge in [0.2, 0.25) is 10.0 Å². The predicted octanol–water partition coefficient (Wildman–Crippen LogP) is 2.12. The lowest BCUT2D eigenvalue weighted by Crippen LogP contribution is -2.33. The number of anilines is 1. The number of sulfonamides is 1. The summed E-state index contributed by atoms with van der Waals surface area (Å²) >= 11 is 0. The molecule has 0 amide bonds. The highest BCUT2D eigenvalue weighted by Gasteiger charge is 2.28. The van der Waals surface area contributed by atoms with Crippen LogP contribution in [-0.2, 0) is 16.4 Å². The maximum absolute atomic E-state index is 12.0. The van der Waals surface area contributed by atoms with E-state index >= 15 is 0 Å². The van der Waals surface area contributed by atoms with Gasteiger partial charge in [0.15, 0.2) is 0 Å². The number of rotatable bonds is 5. The third-order valence-corrected chi connectivity index (χ3v) is 4.77. The predicted molar refractivity (Wildman–Crippen MR) is 76.1 cm³/mol. The molecule has 5 heteroatoms. The second kappa shape index (κ2) is 5.71. The fraction of sp³-hybridized carbons (Fsp3) is 0.538. The molecule has 0 unspecified atom stereocenters. The van der Waals surface area contributed by atoms with Crippen LogP contribution in [0.5, 0.6) is 0 Å². The van der Waals surface area contributed by atoms with Crippen molar-refractivity contribution in [2.75, 3.05) is 11.3 Å². The highest BCUT2D eigenvalue weighted by atomic mass is 32.2. The first-order chi connectivity index (χ1) is 8.26. The number of benzene rings is 1. The zero-order valence-electron chi connectivity index (χ0n) is 11.2. The summed E-state index contributed by atoms with van der Waals surface area (Å²) < 4.78 is 25.8. The van der Waals surface area contributed by atoms with E-state index in [2.05, 4.69) is 4.72 Å². The molecule has 18 heavy (non-hydrogen) atoms. The number of hydrogen-bond acceptors (Lipinski definition) is 3. The molecular weight excluding hydrogens is 248 g/mol. The van der Waals surface area contributed by atoms with E-state index in [1.807, 2.05) is 18.2 Å². The molecule has 3 N–H and O–H groups in total. The van der Waals surface area contributed by atoms with Crippen LogP contribution in [0, 0.1) is 0 Å². The fourth-order valence-electron chi connectivity index (χ4n) is 1.40. The minimum atomic E-state index is -3.36. The molecule has 1 aromatic rings. The normalized spacial score (nSPS) is 12.4. The van der Waals surface area contributed by atoms with Crippen molar-refractivity contribution < 1.29 is 8.42 Å². The lowest BCUT2D eigenvalue weighted by Gasteiger charge is -2.20. The Labute approximate surface area is 110 Å². The Kier molecular flexibility index (Phi) is 4.76. The molecule has 0 aliphatic heterocycles. The van der Waals surface area contributed by atoms with E-state index in [0.29, 0.717) is 12.2 Å². The minimum absolute atomic E-state index is 0.611. The Balaban J connectivity index is 2.86. The van der Waals surface area contributed by atoms with Gasteiger partial charge in [-0.1, -0.05) is 12.1 Å². The van der Waals surface area contributed by atoms with Gasteiger partial charge < -0.3 is 5.73 Å². The number of aryl methyl sites for hydroxylation is 1. The van der Waals surface area contributed by atoms with E-state index in [0.717, 1.165) is 18.4 Å². The van der Waals surface area contributed by atoms with Crippen molar-refractivity contribution in [3.05, 3.63) is 29.8 Å². The highest BCUT2D eigenvalue weighted by molar-refractivity contribution is 7.94. The van der Waals surface area contributed by atoms with Crippen LogP contribution in [0.4, 0.5) is 5.69 Å². The van der Waals surface area contributed by atoms with Crippen molar-refractivity contribution in [3.8, 4) is 0 Å². The molecule has 0 saturated carbocycles. The quantitative estimate of drug-likeness (QED) is 0.860. The number of hydrogen-bond donors (Lipinski definition) is 2. The van der Waals surface area contributed by atoms with Crippen molar-refractivity contribution >= 4 is 15.7 Å². The van der Waals surface area contributed by atoms with Crippen LogP contribution in [0.3, 0.4) is 0 Å². The monoisotopic (exact) mass is 270 g/mol. The summed E-state index contributed by atoms with van der Waals surface area (Å²) in [6.45, 7) is 5.66.